The van der Waals surface area contributed by atoms with Crippen molar-refractivity contribution < 1.29 is 12.9 Å². The van der Waals surface area contributed by atoms with E-state index >= 15 is 0 Å². The molecule has 0 radical (unpaired) electrons. The lowest BCUT2D eigenvalue weighted by Crippen LogP contribution is -2.37. The van der Waals surface area contributed by atoms with Crippen LogP contribution in [0.15, 0.2) is 38.5 Å². The first kappa shape index (κ1) is 20.4. The number of hydrogen-bond acceptors (Lipinski definition) is 6. The van der Waals surface area contributed by atoms with Crippen LogP contribution in [-0.2, 0) is 10.0 Å². The van der Waals surface area contributed by atoms with Crippen LogP contribution in [0, 0.1) is 13.8 Å². The second kappa shape index (κ2) is 7.56. The molecule has 2 aromatic heterocycles. The highest BCUT2D eigenvalue weighted by atomic mass is 32.2. The van der Waals surface area contributed by atoms with Gasteiger partial charge in [-0.2, -0.15) is 4.31 Å². The van der Waals surface area contributed by atoms with Crippen LogP contribution in [0.3, 0.4) is 0 Å². The molecule has 2 aliphatic rings. The van der Waals surface area contributed by atoms with Gasteiger partial charge in [0.25, 0.3) is 5.56 Å². The molecule has 1 aliphatic heterocycles. The molecule has 5 rings (SSSR count). The van der Waals surface area contributed by atoms with E-state index in [2.05, 4.69) is 5.16 Å². The van der Waals surface area contributed by atoms with Gasteiger partial charge in [0.2, 0.25) is 10.0 Å². The van der Waals surface area contributed by atoms with Gasteiger partial charge in [-0.05, 0) is 51.7 Å². The second-order valence-electron chi connectivity index (χ2n) is 8.53. The average Bonchev–Trinajstić information content (AvgIpc) is 3.49. The second-order valence-corrected chi connectivity index (χ2v) is 10.4. The molecule has 1 saturated carbocycles. The Morgan fingerprint density at radius 3 is 2.52 bits per heavy atom. The van der Waals surface area contributed by atoms with Gasteiger partial charge in [0.05, 0.1) is 16.9 Å². The minimum atomic E-state index is -3.84. The van der Waals surface area contributed by atoms with E-state index in [-0.39, 0.29) is 22.3 Å². The van der Waals surface area contributed by atoms with Crippen molar-refractivity contribution in [3.63, 3.8) is 0 Å². The van der Waals surface area contributed by atoms with Crippen molar-refractivity contribution in [1.29, 1.82) is 0 Å². The summed E-state index contributed by atoms with van der Waals surface area (Å²) in [5.41, 5.74) is 0.884. The number of benzene rings is 1. The van der Waals surface area contributed by atoms with Gasteiger partial charge in [0, 0.05) is 12.6 Å². The summed E-state index contributed by atoms with van der Waals surface area (Å²) in [7, 11) is -3.84. The summed E-state index contributed by atoms with van der Waals surface area (Å²) in [5, 5.41) is 4.42. The largest absolute Gasteiger partial charge is 0.360 e. The summed E-state index contributed by atoms with van der Waals surface area (Å²) in [6, 6.07) is 6.88. The van der Waals surface area contributed by atoms with Gasteiger partial charge < -0.3 is 4.52 Å². The predicted octanol–water partition coefficient (Wildman–Crippen LogP) is 3.64. The summed E-state index contributed by atoms with van der Waals surface area (Å²) in [5.74, 6) is 0.839. The highest BCUT2D eigenvalue weighted by molar-refractivity contribution is 7.89. The molecule has 0 spiro atoms. The Balaban J connectivity index is 1.69. The van der Waals surface area contributed by atoms with E-state index in [1.807, 2.05) is 18.2 Å². The quantitative estimate of drug-likeness (QED) is 0.612. The molecule has 1 aromatic carbocycles. The lowest BCUT2D eigenvalue weighted by atomic mass is 10.1. The van der Waals surface area contributed by atoms with Crippen LogP contribution in [0.25, 0.3) is 10.9 Å². The fraction of sp³-hybridized carbons (Fsp3) is 0.500. The molecule has 31 heavy (non-hydrogen) atoms. The summed E-state index contributed by atoms with van der Waals surface area (Å²) >= 11 is 0. The van der Waals surface area contributed by atoms with E-state index < -0.39 is 16.1 Å². The van der Waals surface area contributed by atoms with Gasteiger partial charge in [-0.3, -0.25) is 9.36 Å². The zero-order valence-corrected chi connectivity index (χ0v) is 18.6. The summed E-state index contributed by atoms with van der Waals surface area (Å²) in [6.45, 7) is 3.63. The Morgan fingerprint density at radius 2 is 1.81 bits per heavy atom. The Morgan fingerprint density at radius 1 is 1.06 bits per heavy atom. The van der Waals surface area contributed by atoms with Crippen molar-refractivity contribution in [3.8, 4) is 0 Å². The molecule has 8 nitrogen and oxygen atoms in total. The Bertz CT molecular complexity index is 1290. The van der Waals surface area contributed by atoms with Gasteiger partial charge in [-0.25, -0.2) is 13.4 Å². The van der Waals surface area contributed by atoms with E-state index in [0.717, 1.165) is 25.7 Å². The number of fused-ring (bicyclic) bond motifs is 1. The number of hydrogen-bond donors (Lipinski definition) is 0. The number of rotatable bonds is 4. The van der Waals surface area contributed by atoms with Crippen LogP contribution in [0.2, 0.25) is 0 Å². The normalized spacial score (nSPS) is 20.8. The topological polar surface area (TPSA) is 98.3 Å². The van der Waals surface area contributed by atoms with E-state index in [1.54, 1.807) is 24.5 Å². The molecule has 0 bridgehead atoms. The summed E-state index contributed by atoms with van der Waals surface area (Å²) in [4.78, 5) is 18.5. The fourth-order valence-electron chi connectivity index (χ4n) is 5.16. The minimum Gasteiger partial charge on any atom is -0.360 e. The van der Waals surface area contributed by atoms with Crippen LogP contribution in [0.4, 0.5) is 0 Å². The molecular formula is C22H26N4O4S. The van der Waals surface area contributed by atoms with Crippen LogP contribution in [0.1, 0.15) is 67.9 Å². The molecule has 2 fully saturated rings. The van der Waals surface area contributed by atoms with E-state index in [4.69, 9.17) is 9.51 Å². The Kier molecular flexibility index (Phi) is 4.97. The molecule has 1 aliphatic carbocycles. The van der Waals surface area contributed by atoms with Crippen molar-refractivity contribution in [2.24, 2.45) is 0 Å². The van der Waals surface area contributed by atoms with Crippen LogP contribution >= 0.6 is 0 Å². The molecule has 3 heterocycles. The smallest absolute Gasteiger partial charge is 0.261 e. The third-order valence-electron chi connectivity index (χ3n) is 6.56. The molecule has 1 unspecified atom stereocenters. The van der Waals surface area contributed by atoms with Crippen molar-refractivity contribution in [2.75, 3.05) is 6.54 Å². The maximum atomic E-state index is 13.6. The molecule has 164 valence electrons. The monoisotopic (exact) mass is 442 g/mol. The molecule has 9 heteroatoms. The minimum absolute atomic E-state index is 0.0591. The lowest BCUT2D eigenvalue weighted by molar-refractivity contribution is 0.350. The van der Waals surface area contributed by atoms with Gasteiger partial charge in [-0.15, -0.1) is 0 Å². The number of aromatic nitrogens is 3. The maximum Gasteiger partial charge on any atom is 0.261 e. The van der Waals surface area contributed by atoms with Gasteiger partial charge in [-0.1, -0.05) is 30.1 Å². The van der Waals surface area contributed by atoms with Gasteiger partial charge in [0.15, 0.2) is 5.76 Å². The third-order valence-corrected chi connectivity index (χ3v) is 8.71. The SMILES string of the molecule is Cc1noc(C)c1S(=O)(=O)N1CCCC1c1nc2ccccc2c(=O)n1C1CCCC1. The van der Waals surface area contributed by atoms with Crippen molar-refractivity contribution in [3.05, 3.63) is 51.9 Å². The molecule has 1 saturated heterocycles. The molecule has 3 aromatic rings. The summed E-state index contributed by atoms with van der Waals surface area (Å²) < 4.78 is 35.6. The van der Waals surface area contributed by atoms with Gasteiger partial charge >= 0.3 is 0 Å². The van der Waals surface area contributed by atoms with Crippen LogP contribution < -0.4 is 5.56 Å². The third kappa shape index (κ3) is 3.22. The van der Waals surface area contributed by atoms with Crippen LogP contribution in [-0.4, -0.2) is 34.0 Å². The zero-order valence-electron chi connectivity index (χ0n) is 17.7. The first-order chi connectivity index (χ1) is 14.9. The van der Waals surface area contributed by atoms with E-state index in [9.17, 15) is 13.2 Å². The fourth-order valence-corrected chi connectivity index (χ4v) is 7.11. The molecule has 0 N–H and O–H groups in total. The number of sulfonamides is 1. The lowest BCUT2D eigenvalue weighted by Gasteiger charge is -2.28. The summed E-state index contributed by atoms with van der Waals surface area (Å²) in [6.07, 6.45) is 5.29. The average molecular weight is 443 g/mol. The van der Waals surface area contributed by atoms with Gasteiger partial charge in [0.1, 0.15) is 16.4 Å². The van der Waals surface area contributed by atoms with E-state index in [1.165, 1.54) is 4.31 Å². The molecule has 1 atom stereocenters. The highest BCUT2D eigenvalue weighted by Crippen LogP contribution is 2.39. The Labute approximate surface area is 180 Å². The Hall–Kier alpha value is -2.52. The highest BCUT2D eigenvalue weighted by Gasteiger charge is 2.42. The van der Waals surface area contributed by atoms with Crippen molar-refractivity contribution in [1.82, 2.24) is 19.0 Å². The number of aryl methyl sites for hydroxylation is 2. The number of para-hydroxylation sites is 1. The first-order valence-electron chi connectivity index (χ1n) is 10.9. The molecular weight excluding hydrogens is 416 g/mol. The van der Waals surface area contributed by atoms with Crippen LogP contribution in [0.5, 0.6) is 0 Å². The van der Waals surface area contributed by atoms with E-state index in [0.29, 0.717) is 41.8 Å². The maximum absolute atomic E-state index is 13.6. The first-order valence-corrected chi connectivity index (χ1v) is 12.3. The number of nitrogens with zero attached hydrogens (tertiary/aromatic N) is 4. The zero-order chi connectivity index (χ0) is 21.8. The molecule has 0 amide bonds. The predicted molar refractivity (Wildman–Crippen MR) is 115 cm³/mol. The van der Waals surface area contributed by atoms with Crippen molar-refractivity contribution >= 4 is 20.9 Å². The van der Waals surface area contributed by atoms with Crippen molar-refractivity contribution in [2.45, 2.75) is 69.4 Å². The standard InChI is InChI=1S/C22H26N4O4S/c1-14-20(15(2)30-24-14)31(28,29)25-13-7-12-19(25)21-23-18-11-6-5-10-17(18)22(27)26(21)16-8-3-4-9-16/h5-6,10-11,16,19H,3-4,7-9,12-13H2,1-2H3.